The van der Waals surface area contributed by atoms with E-state index in [-0.39, 0.29) is 6.03 Å². The number of urea groups is 1. The second-order valence-corrected chi connectivity index (χ2v) is 7.95. The summed E-state index contributed by atoms with van der Waals surface area (Å²) < 4.78 is 0. The number of nitrogens with zero attached hydrogens (tertiary/aromatic N) is 4. The lowest BCUT2D eigenvalue weighted by Gasteiger charge is -2.35. The molecule has 2 aromatic carbocycles. The quantitative estimate of drug-likeness (QED) is 0.715. The number of fused-ring (bicyclic) bond motifs is 1. The highest BCUT2D eigenvalue weighted by atomic mass is 16.2. The Morgan fingerprint density at radius 3 is 2.66 bits per heavy atom. The number of aromatic amines is 1. The topological polar surface area (TPSA) is 67.5 Å². The van der Waals surface area contributed by atoms with E-state index in [0.717, 1.165) is 61.3 Å². The molecule has 0 spiro atoms. The summed E-state index contributed by atoms with van der Waals surface area (Å²) >= 11 is 0. The number of hydrogen-bond donors (Lipinski definition) is 2. The lowest BCUT2D eigenvalue weighted by Crippen LogP contribution is -2.39. The van der Waals surface area contributed by atoms with Crippen molar-refractivity contribution in [1.29, 1.82) is 0 Å². The minimum atomic E-state index is 0.0827. The van der Waals surface area contributed by atoms with Crippen molar-refractivity contribution >= 4 is 34.0 Å². The first kappa shape index (κ1) is 17.8. The minimum Gasteiger partial charge on any atom is -0.382 e. The Kier molecular flexibility index (Phi) is 4.50. The highest BCUT2D eigenvalue weighted by Gasteiger charge is 2.27. The van der Waals surface area contributed by atoms with Crippen molar-refractivity contribution < 1.29 is 4.79 Å². The van der Waals surface area contributed by atoms with Gasteiger partial charge in [-0.05, 0) is 49.2 Å². The third kappa shape index (κ3) is 3.48. The molecule has 2 N–H and O–H groups in total. The summed E-state index contributed by atoms with van der Waals surface area (Å²) in [7, 11) is 1.86. The van der Waals surface area contributed by atoms with E-state index in [1.165, 1.54) is 5.69 Å². The van der Waals surface area contributed by atoms with Gasteiger partial charge in [-0.15, -0.1) is 0 Å². The molecule has 0 radical (unpaired) electrons. The predicted molar refractivity (Wildman–Crippen MR) is 117 cm³/mol. The standard InChI is InChI=1S/C22H26N6O/c1-26-11-12-28(22(26)29)20-4-2-3-19(14-20)27-9-7-17(8-10-27)24-18-6-5-16-15-23-25-21(16)13-18/h2-6,13-15,17,24H,7-12H2,1H3,(H,23,25). The van der Waals surface area contributed by atoms with Crippen molar-refractivity contribution in [3.63, 3.8) is 0 Å². The number of amides is 2. The first-order chi connectivity index (χ1) is 14.2. The molecule has 2 fully saturated rings. The first-order valence-electron chi connectivity index (χ1n) is 10.2. The van der Waals surface area contributed by atoms with E-state index in [0.29, 0.717) is 6.04 Å². The normalized spacial score (nSPS) is 18.1. The second-order valence-electron chi connectivity index (χ2n) is 7.95. The zero-order valence-corrected chi connectivity index (χ0v) is 16.6. The molecule has 3 aromatic rings. The fourth-order valence-electron chi connectivity index (χ4n) is 4.29. The van der Waals surface area contributed by atoms with E-state index in [2.05, 4.69) is 56.8 Å². The van der Waals surface area contributed by atoms with Gasteiger partial charge in [-0.25, -0.2) is 4.79 Å². The number of benzene rings is 2. The lowest BCUT2D eigenvalue weighted by molar-refractivity contribution is 0.229. The van der Waals surface area contributed by atoms with E-state index in [4.69, 9.17) is 0 Å². The fraction of sp³-hybridized carbons (Fsp3) is 0.364. The van der Waals surface area contributed by atoms with E-state index in [1.54, 1.807) is 4.90 Å². The number of H-pyrrole nitrogens is 1. The van der Waals surface area contributed by atoms with Gasteiger partial charge in [-0.2, -0.15) is 5.10 Å². The molecular weight excluding hydrogens is 364 g/mol. The average Bonchev–Trinajstić information content (AvgIpc) is 3.35. The number of likely N-dealkylation sites (N-methyl/N-ethyl adjacent to an activating group) is 1. The molecule has 7 nitrogen and oxygen atoms in total. The van der Waals surface area contributed by atoms with Crippen LogP contribution in [0.15, 0.2) is 48.7 Å². The number of nitrogens with one attached hydrogen (secondary N) is 2. The van der Waals surface area contributed by atoms with Crippen LogP contribution in [-0.4, -0.2) is 60.4 Å². The summed E-state index contributed by atoms with van der Waals surface area (Å²) in [4.78, 5) is 18.4. The molecule has 0 aliphatic carbocycles. The van der Waals surface area contributed by atoms with Crippen LogP contribution >= 0.6 is 0 Å². The number of piperidine rings is 1. The van der Waals surface area contributed by atoms with Gasteiger partial charge < -0.3 is 15.1 Å². The van der Waals surface area contributed by atoms with Crippen molar-refractivity contribution in [3.05, 3.63) is 48.7 Å². The van der Waals surface area contributed by atoms with E-state index in [1.807, 2.05) is 24.2 Å². The SMILES string of the molecule is CN1CCN(c2cccc(N3CCC(Nc4ccc5cn[nH]c5c4)CC3)c2)C1=O. The number of carbonyl (C=O) groups is 1. The molecule has 1 aromatic heterocycles. The zero-order valence-electron chi connectivity index (χ0n) is 16.6. The molecule has 0 saturated carbocycles. The summed E-state index contributed by atoms with van der Waals surface area (Å²) in [6.07, 6.45) is 4.01. The van der Waals surface area contributed by atoms with E-state index < -0.39 is 0 Å². The van der Waals surface area contributed by atoms with Gasteiger partial charge in [-0.3, -0.25) is 10.00 Å². The average molecular weight is 390 g/mol. The smallest absolute Gasteiger partial charge is 0.324 e. The predicted octanol–water partition coefficient (Wildman–Crippen LogP) is 3.52. The van der Waals surface area contributed by atoms with Crippen LogP contribution in [0, 0.1) is 0 Å². The largest absolute Gasteiger partial charge is 0.382 e. The molecule has 5 rings (SSSR count). The number of carbonyl (C=O) groups excluding carboxylic acids is 1. The molecule has 2 aliphatic rings. The van der Waals surface area contributed by atoms with Crippen LogP contribution in [0.25, 0.3) is 10.9 Å². The third-order valence-electron chi connectivity index (χ3n) is 6.03. The summed E-state index contributed by atoms with van der Waals surface area (Å²) in [5, 5.41) is 11.9. The maximum atomic E-state index is 12.3. The highest BCUT2D eigenvalue weighted by Crippen LogP contribution is 2.28. The van der Waals surface area contributed by atoms with Gasteiger partial charge in [0.05, 0.1) is 11.7 Å². The third-order valence-corrected chi connectivity index (χ3v) is 6.03. The molecule has 2 saturated heterocycles. The van der Waals surface area contributed by atoms with Crippen LogP contribution < -0.4 is 15.1 Å². The number of hydrogen-bond acceptors (Lipinski definition) is 4. The maximum absolute atomic E-state index is 12.3. The van der Waals surface area contributed by atoms with Gasteiger partial charge in [0.1, 0.15) is 0 Å². The summed E-state index contributed by atoms with van der Waals surface area (Å²) in [5.74, 6) is 0. The molecule has 7 heteroatoms. The lowest BCUT2D eigenvalue weighted by atomic mass is 10.0. The van der Waals surface area contributed by atoms with Crippen molar-refractivity contribution in [2.75, 3.05) is 48.3 Å². The Bertz CT molecular complexity index is 1020. The molecule has 2 amide bonds. The molecule has 3 heterocycles. The van der Waals surface area contributed by atoms with Gasteiger partial charge in [0.15, 0.2) is 0 Å². The fourth-order valence-corrected chi connectivity index (χ4v) is 4.29. The maximum Gasteiger partial charge on any atom is 0.324 e. The molecule has 0 atom stereocenters. The monoisotopic (exact) mass is 390 g/mol. The Balaban J connectivity index is 1.22. The first-order valence-corrected chi connectivity index (χ1v) is 10.2. The molecular formula is C22H26N6O. The van der Waals surface area contributed by atoms with Gasteiger partial charge >= 0.3 is 6.03 Å². The number of rotatable bonds is 4. The van der Waals surface area contributed by atoms with Crippen LogP contribution in [0.3, 0.4) is 0 Å². The van der Waals surface area contributed by atoms with Gasteiger partial charge in [0.25, 0.3) is 0 Å². The molecule has 150 valence electrons. The molecule has 0 unspecified atom stereocenters. The van der Waals surface area contributed by atoms with Crippen molar-refractivity contribution in [3.8, 4) is 0 Å². The van der Waals surface area contributed by atoms with Crippen molar-refractivity contribution in [2.24, 2.45) is 0 Å². The summed E-state index contributed by atoms with van der Waals surface area (Å²) in [6, 6.07) is 15.3. The summed E-state index contributed by atoms with van der Waals surface area (Å²) in [5.41, 5.74) is 4.39. The van der Waals surface area contributed by atoms with Crippen LogP contribution in [0.4, 0.5) is 21.9 Å². The Morgan fingerprint density at radius 2 is 1.86 bits per heavy atom. The molecule has 0 bridgehead atoms. The van der Waals surface area contributed by atoms with Crippen LogP contribution in [0.1, 0.15) is 12.8 Å². The van der Waals surface area contributed by atoms with Gasteiger partial charge in [0, 0.05) is 61.7 Å². The van der Waals surface area contributed by atoms with Gasteiger partial charge in [0.2, 0.25) is 0 Å². The van der Waals surface area contributed by atoms with Crippen LogP contribution in [0.2, 0.25) is 0 Å². The Hall–Kier alpha value is -3.22. The molecule has 29 heavy (non-hydrogen) atoms. The van der Waals surface area contributed by atoms with Crippen molar-refractivity contribution in [2.45, 2.75) is 18.9 Å². The highest BCUT2D eigenvalue weighted by molar-refractivity contribution is 5.94. The second kappa shape index (κ2) is 7.31. The summed E-state index contributed by atoms with van der Waals surface area (Å²) in [6.45, 7) is 3.54. The number of aromatic nitrogens is 2. The van der Waals surface area contributed by atoms with E-state index >= 15 is 0 Å². The zero-order chi connectivity index (χ0) is 19.8. The van der Waals surface area contributed by atoms with Crippen LogP contribution in [0.5, 0.6) is 0 Å². The Labute approximate surface area is 170 Å². The van der Waals surface area contributed by atoms with E-state index in [9.17, 15) is 4.79 Å². The minimum absolute atomic E-state index is 0.0827. The van der Waals surface area contributed by atoms with Gasteiger partial charge in [-0.1, -0.05) is 6.07 Å². The molecule has 2 aliphatic heterocycles. The van der Waals surface area contributed by atoms with Crippen LogP contribution in [-0.2, 0) is 0 Å². The number of anilines is 3. The van der Waals surface area contributed by atoms with Crippen molar-refractivity contribution in [1.82, 2.24) is 15.1 Å². The Morgan fingerprint density at radius 1 is 1.03 bits per heavy atom.